The molecular weight excluding hydrogens is 502 g/mol. The van der Waals surface area contributed by atoms with Gasteiger partial charge >= 0.3 is 5.97 Å². The number of aliphatic hydroxyl groups excluding tert-OH is 1. The molecule has 0 saturated carbocycles. The van der Waals surface area contributed by atoms with Crippen LogP contribution in [0, 0.1) is 11.8 Å². The van der Waals surface area contributed by atoms with Gasteiger partial charge in [0.25, 0.3) is 0 Å². The van der Waals surface area contributed by atoms with Gasteiger partial charge in [-0.1, -0.05) is 15.9 Å². The standard InChI is InChI=1S/C21H32BrN3O6S/c1-3-31-20(29)14-15-19(28)25(12(2)11-26)17(21(15)10-13(22)16(14)32-21)18(27)23-4-5-24-6-8-30-9-7-24/h12-17,26H,3-11H2,1-2H3,(H,23,27)/t12-,13?,14+,15+,16+,17?,21?/m1/s1. The Kier molecular flexibility index (Phi) is 7.41. The average Bonchev–Trinajstić information content (AvgIpc) is 3.37. The first-order chi connectivity index (χ1) is 15.4. The number of rotatable bonds is 8. The highest BCUT2D eigenvalue weighted by atomic mass is 79.9. The number of fused-ring (bicyclic) bond motifs is 1. The van der Waals surface area contributed by atoms with Crippen molar-refractivity contribution in [2.75, 3.05) is 52.6 Å². The van der Waals surface area contributed by atoms with E-state index in [1.54, 1.807) is 25.6 Å². The molecule has 4 aliphatic heterocycles. The van der Waals surface area contributed by atoms with Crippen LogP contribution in [0.1, 0.15) is 20.3 Å². The molecule has 0 aromatic heterocycles. The molecular formula is C21H32BrN3O6S. The third-order valence-corrected chi connectivity index (χ3v) is 10.3. The van der Waals surface area contributed by atoms with E-state index in [4.69, 9.17) is 9.47 Å². The normalized spacial score (nSPS) is 37.4. The maximum atomic E-state index is 13.6. The molecule has 0 aromatic rings. The monoisotopic (exact) mass is 533 g/mol. The number of alkyl halides is 1. The van der Waals surface area contributed by atoms with Gasteiger partial charge in [-0.05, 0) is 20.3 Å². The summed E-state index contributed by atoms with van der Waals surface area (Å²) in [6.45, 7) is 7.73. The number of nitrogens with zero attached hydrogens (tertiary/aromatic N) is 2. The van der Waals surface area contributed by atoms with Crippen molar-refractivity contribution in [2.45, 2.75) is 47.2 Å². The van der Waals surface area contributed by atoms with Gasteiger partial charge in [-0.25, -0.2) is 0 Å². The number of thioether (sulfide) groups is 1. The van der Waals surface area contributed by atoms with E-state index < -0.39 is 28.7 Å². The smallest absolute Gasteiger partial charge is 0.310 e. The Morgan fingerprint density at radius 3 is 2.78 bits per heavy atom. The first kappa shape index (κ1) is 24.3. The molecule has 11 heteroatoms. The lowest BCUT2D eigenvalue weighted by molar-refractivity contribution is -0.154. The number of carbonyl (C=O) groups excluding carboxylic acids is 3. The van der Waals surface area contributed by atoms with E-state index in [9.17, 15) is 19.5 Å². The van der Waals surface area contributed by atoms with Crippen LogP contribution < -0.4 is 5.32 Å². The summed E-state index contributed by atoms with van der Waals surface area (Å²) in [5.74, 6) is -2.03. The number of ether oxygens (including phenoxy) is 2. The van der Waals surface area contributed by atoms with Crippen LogP contribution in [0.2, 0.25) is 0 Å². The van der Waals surface area contributed by atoms with Gasteiger partial charge in [-0.15, -0.1) is 11.8 Å². The zero-order valence-electron chi connectivity index (χ0n) is 18.5. The van der Waals surface area contributed by atoms with Crippen molar-refractivity contribution >= 4 is 45.5 Å². The number of morpholine rings is 1. The zero-order valence-corrected chi connectivity index (χ0v) is 20.9. The van der Waals surface area contributed by atoms with Gasteiger partial charge in [0.2, 0.25) is 11.8 Å². The van der Waals surface area contributed by atoms with E-state index in [2.05, 4.69) is 26.1 Å². The van der Waals surface area contributed by atoms with Crippen molar-refractivity contribution in [3.8, 4) is 0 Å². The first-order valence-electron chi connectivity index (χ1n) is 11.3. The third kappa shape index (κ3) is 3.97. The molecule has 3 unspecified atom stereocenters. The van der Waals surface area contributed by atoms with Gasteiger partial charge in [0.15, 0.2) is 0 Å². The molecule has 7 atom stereocenters. The summed E-state index contributed by atoms with van der Waals surface area (Å²) in [5, 5.41) is 12.8. The molecule has 1 spiro atoms. The van der Waals surface area contributed by atoms with Crippen molar-refractivity contribution < 1.29 is 29.0 Å². The van der Waals surface area contributed by atoms with Gasteiger partial charge in [0.05, 0.1) is 49.1 Å². The van der Waals surface area contributed by atoms with Crippen molar-refractivity contribution in [1.29, 1.82) is 0 Å². The fourth-order valence-corrected chi connectivity index (χ4v) is 9.28. The van der Waals surface area contributed by atoms with Crippen LogP contribution in [-0.4, -0.2) is 112 Å². The van der Waals surface area contributed by atoms with Crippen molar-refractivity contribution in [2.24, 2.45) is 11.8 Å². The Labute approximate surface area is 201 Å². The van der Waals surface area contributed by atoms with E-state index in [0.29, 0.717) is 32.7 Å². The Bertz CT molecular complexity index is 753. The minimum atomic E-state index is -0.735. The summed E-state index contributed by atoms with van der Waals surface area (Å²) in [4.78, 5) is 43.7. The van der Waals surface area contributed by atoms with E-state index in [1.165, 1.54) is 4.90 Å². The number of aliphatic hydroxyl groups is 1. The highest BCUT2D eigenvalue weighted by Gasteiger charge is 2.76. The predicted octanol–water partition coefficient (Wildman–Crippen LogP) is -0.157. The minimum absolute atomic E-state index is 0.0130. The fraction of sp³-hybridized carbons (Fsp3) is 0.857. The summed E-state index contributed by atoms with van der Waals surface area (Å²) in [5.41, 5.74) is 0. The Morgan fingerprint density at radius 1 is 1.41 bits per heavy atom. The molecule has 0 radical (unpaired) electrons. The number of halogens is 1. The molecule has 2 amide bonds. The van der Waals surface area contributed by atoms with Gasteiger partial charge in [0.1, 0.15) is 6.04 Å². The van der Waals surface area contributed by atoms with Crippen LogP contribution in [0.15, 0.2) is 0 Å². The number of nitrogens with one attached hydrogen (secondary N) is 1. The van der Waals surface area contributed by atoms with Crippen LogP contribution in [0.3, 0.4) is 0 Å². The lowest BCUT2D eigenvalue weighted by Crippen LogP contribution is -2.57. The lowest BCUT2D eigenvalue weighted by atomic mass is 9.71. The number of amides is 2. The molecule has 0 aliphatic carbocycles. The maximum absolute atomic E-state index is 13.6. The van der Waals surface area contributed by atoms with Crippen molar-refractivity contribution in [3.05, 3.63) is 0 Å². The molecule has 2 N–H and O–H groups in total. The summed E-state index contributed by atoms with van der Waals surface area (Å²) in [6, 6.07) is -1.25. The molecule has 32 heavy (non-hydrogen) atoms. The molecule has 4 rings (SSSR count). The summed E-state index contributed by atoms with van der Waals surface area (Å²) < 4.78 is 9.98. The molecule has 2 bridgehead atoms. The van der Waals surface area contributed by atoms with Gasteiger partial charge in [-0.2, -0.15) is 0 Å². The van der Waals surface area contributed by atoms with E-state index in [1.807, 2.05) is 0 Å². The highest BCUT2D eigenvalue weighted by molar-refractivity contribution is 9.09. The van der Waals surface area contributed by atoms with Crippen LogP contribution in [0.5, 0.6) is 0 Å². The number of hydrogen-bond acceptors (Lipinski definition) is 8. The Morgan fingerprint density at radius 2 is 2.12 bits per heavy atom. The van der Waals surface area contributed by atoms with Crippen molar-refractivity contribution in [1.82, 2.24) is 15.1 Å². The van der Waals surface area contributed by atoms with E-state index in [-0.39, 0.29) is 41.1 Å². The quantitative estimate of drug-likeness (QED) is 0.327. The summed E-state index contributed by atoms with van der Waals surface area (Å²) >= 11 is 5.28. The van der Waals surface area contributed by atoms with Gasteiger partial charge in [0, 0.05) is 36.3 Å². The molecule has 180 valence electrons. The number of hydrogen-bond donors (Lipinski definition) is 2. The molecule has 0 aromatic carbocycles. The van der Waals surface area contributed by atoms with Crippen LogP contribution in [0.4, 0.5) is 0 Å². The summed E-state index contributed by atoms with van der Waals surface area (Å²) in [7, 11) is 0. The summed E-state index contributed by atoms with van der Waals surface area (Å²) in [6.07, 6.45) is 0.616. The molecule has 9 nitrogen and oxygen atoms in total. The van der Waals surface area contributed by atoms with Crippen LogP contribution in [-0.2, 0) is 23.9 Å². The molecule has 4 fully saturated rings. The Balaban J connectivity index is 1.57. The van der Waals surface area contributed by atoms with E-state index in [0.717, 1.165) is 13.1 Å². The average molecular weight is 534 g/mol. The SMILES string of the molecule is CCOC(=O)[C@H]1[C@H]2C(=O)N([C@H](C)CO)C(C(=O)NCCN3CCOCC3)C23CC(Br)[C@@H]1S3. The Hall–Kier alpha value is -0.880. The second-order valence-electron chi connectivity index (χ2n) is 8.94. The third-order valence-electron chi connectivity index (χ3n) is 7.10. The van der Waals surface area contributed by atoms with Crippen LogP contribution in [0.25, 0.3) is 0 Å². The molecule has 4 aliphatic rings. The largest absolute Gasteiger partial charge is 0.466 e. The predicted molar refractivity (Wildman–Crippen MR) is 123 cm³/mol. The first-order valence-corrected chi connectivity index (χ1v) is 13.1. The zero-order chi connectivity index (χ0) is 23.0. The van der Waals surface area contributed by atoms with Crippen molar-refractivity contribution in [3.63, 3.8) is 0 Å². The van der Waals surface area contributed by atoms with Gasteiger partial charge in [-0.3, -0.25) is 19.3 Å². The maximum Gasteiger partial charge on any atom is 0.310 e. The number of likely N-dealkylation sites (tertiary alicyclic amines) is 1. The minimum Gasteiger partial charge on any atom is -0.466 e. The van der Waals surface area contributed by atoms with E-state index >= 15 is 0 Å². The fourth-order valence-electron chi connectivity index (χ4n) is 5.70. The molecule has 4 saturated heterocycles. The highest BCUT2D eigenvalue weighted by Crippen LogP contribution is 2.68. The lowest BCUT2D eigenvalue weighted by Gasteiger charge is -2.36. The number of esters is 1. The molecule has 4 heterocycles. The number of carbonyl (C=O) groups is 3. The second kappa shape index (κ2) is 9.77. The van der Waals surface area contributed by atoms with Gasteiger partial charge < -0.3 is 24.8 Å². The van der Waals surface area contributed by atoms with Crippen LogP contribution >= 0.6 is 27.7 Å². The topological polar surface area (TPSA) is 108 Å². The second-order valence-corrected chi connectivity index (χ2v) is 11.7.